The summed E-state index contributed by atoms with van der Waals surface area (Å²) in [5.74, 6) is 3.03. The number of thioether (sulfide) groups is 4. The van der Waals surface area contributed by atoms with Gasteiger partial charge in [0.1, 0.15) is 11.5 Å². The zero-order valence-electron chi connectivity index (χ0n) is 17.3. The predicted octanol–water partition coefficient (Wildman–Crippen LogP) is 6.36. The van der Waals surface area contributed by atoms with E-state index in [1.165, 1.54) is 23.5 Å². The number of phenols is 2. The average Bonchev–Trinajstić information content (AvgIpc) is 2.66. The molecular formula is C19H32O5S5. The van der Waals surface area contributed by atoms with Gasteiger partial charge in [-0.2, -0.15) is 8.42 Å². The van der Waals surface area contributed by atoms with Crippen LogP contribution in [-0.4, -0.2) is 51.9 Å². The maximum absolute atomic E-state index is 11.1. The second kappa shape index (κ2) is 14.2. The van der Waals surface area contributed by atoms with E-state index in [-0.39, 0.29) is 23.7 Å². The second-order valence-electron chi connectivity index (χ2n) is 6.40. The van der Waals surface area contributed by atoms with Crippen molar-refractivity contribution in [2.75, 3.05) is 28.8 Å². The Labute approximate surface area is 192 Å². The molecule has 0 amide bonds. The molecule has 0 fully saturated rings. The van der Waals surface area contributed by atoms with Crippen LogP contribution in [0.2, 0.25) is 0 Å². The normalized spacial score (nSPS) is 11.9. The summed E-state index contributed by atoms with van der Waals surface area (Å²) in [5, 5.41) is 22.1. The molecule has 168 valence electrons. The molecule has 0 unspecified atom stereocenters. The smallest absolute Gasteiger partial charge is 0.264 e. The van der Waals surface area contributed by atoms with Crippen LogP contribution in [0.5, 0.6) is 11.5 Å². The largest absolute Gasteiger partial charge is 0.506 e. The van der Waals surface area contributed by atoms with Gasteiger partial charge in [0.2, 0.25) is 0 Å². The van der Waals surface area contributed by atoms with Gasteiger partial charge in [0, 0.05) is 0 Å². The first-order valence-electron chi connectivity index (χ1n) is 9.84. The number of phenolic OH excluding ortho intramolecular Hbond substituents is 2. The van der Waals surface area contributed by atoms with E-state index in [4.69, 9.17) is 4.55 Å². The molecular weight excluding hydrogens is 469 g/mol. The molecule has 0 aliphatic carbocycles. The number of unbranched alkanes of at least 4 members (excludes halogenated alkanes) is 1. The molecule has 0 aromatic heterocycles. The van der Waals surface area contributed by atoms with Crippen molar-refractivity contribution in [1.82, 2.24) is 0 Å². The van der Waals surface area contributed by atoms with Crippen LogP contribution in [0.4, 0.5) is 0 Å². The fraction of sp³-hybridized carbons (Fsp3) is 0.684. The molecule has 29 heavy (non-hydrogen) atoms. The minimum absolute atomic E-state index is 0.177. The van der Waals surface area contributed by atoms with Gasteiger partial charge in [-0.05, 0) is 48.7 Å². The van der Waals surface area contributed by atoms with Crippen LogP contribution in [0.3, 0.4) is 0 Å². The number of benzene rings is 1. The quantitative estimate of drug-likeness (QED) is 0.110. The first kappa shape index (κ1) is 27.2. The monoisotopic (exact) mass is 500 g/mol. The predicted molar refractivity (Wildman–Crippen MR) is 129 cm³/mol. The highest BCUT2D eigenvalue weighted by atomic mass is 32.2. The highest BCUT2D eigenvalue weighted by Gasteiger charge is 2.25. The lowest BCUT2D eigenvalue weighted by molar-refractivity contribution is 0.410. The van der Waals surface area contributed by atoms with Gasteiger partial charge in [0.15, 0.2) is 0 Å². The van der Waals surface area contributed by atoms with E-state index in [2.05, 4.69) is 20.8 Å². The highest BCUT2D eigenvalue weighted by Crippen LogP contribution is 2.54. The van der Waals surface area contributed by atoms with Crippen molar-refractivity contribution in [3.63, 3.8) is 0 Å². The fourth-order valence-electron chi connectivity index (χ4n) is 2.31. The zero-order valence-corrected chi connectivity index (χ0v) is 21.4. The van der Waals surface area contributed by atoms with E-state index in [1.54, 1.807) is 23.5 Å². The van der Waals surface area contributed by atoms with Crippen molar-refractivity contribution in [3.8, 4) is 11.5 Å². The third-order valence-corrected chi connectivity index (χ3v) is 9.73. The average molecular weight is 501 g/mol. The van der Waals surface area contributed by atoms with Crippen molar-refractivity contribution in [2.45, 2.75) is 72.5 Å². The van der Waals surface area contributed by atoms with Crippen LogP contribution in [0, 0.1) is 0 Å². The molecule has 3 N–H and O–H groups in total. The number of rotatable bonds is 15. The maximum atomic E-state index is 11.1. The lowest BCUT2D eigenvalue weighted by Crippen LogP contribution is -2.04. The molecule has 0 heterocycles. The Morgan fingerprint density at radius 3 is 1.38 bits per heavy atom. The number of hydrogen-bond acceptors (Lipinski definition) is 8. The van der Waals surface area contributed by atoms with Crippen LogP contribution < -0.4 is 0 Å². The Balaban J connectivity index is 3.28. The third kappa shape index (κ3) is 9.43. The molecule has 0 bridgehead atoms. The SMILES string of the molecule is CCCCSc1c(O)c(SCCC)c(SCCC)c(O)c1SCCCS(=O)(=O)O. The van der Waals surface area contributed by atoms with Crippen molar-refractivity contribution in [3.05, 3.63) is 0 Å². The Bertz CT molecular complexity index is 737. The van der Waals surface area contributed by atoms with Crippen molar-refractivity contribution in [1.29, 1.82) is 0 Å². The minimum Gasteiger partial charge on any atom is -0.506 e. The molecule has 0 saturated carbocycles. The van der Waals surface area contributed by atoms with Crippen LogP contribution in [-0.2, 0) is 10.1 Å². The van der Waals surface area contributed by atoms with Crippen molar-refractivity contribution >= 4 is 57.2 Å². The second-order valence-corrected chi connectivity index (χ2v) is 12.4. The molecule has 0 aliphatic rings. The Morgan fingerprint density at radius 1 is 0.655 bits per heavy atom. The summed E-state index contributed by atoms with van der Waals surface area (Å²) in [5.41, 5.74) is 0. The summed E-state index contributed by atoms with van der Waals surface area (Å²) in [7, 11) is -4.00. The molecule has 0 spiro atoms. The summed E-state index contributed by atoms with van der Waals surface area (Å²) >= 11 is 5.98. The zero-order chi connectivity index (χ0) is 21.9. The molecule has 1 aromatic carbocycles. The summed E-state index contributed by atoms with van der Waals surface area (Å²) in [6.07, 6.45) is 4.23. The van der Waals surface area contributed by atoms with Crippen molar-refractivity contribution < 1.29 is 23.2 Å². The lowest BCUT2D eigenvalue weighted by Gasteiger charge is -2.20. The number of aromatic hydroxyl groups is 2. The van der Waals surface area contributed by atoms with Crippen LogP contribution in [0.1, 0.15) is 52.9 Å². The minimum atomic E-state index is -4.00. The molecule has 0 saturated heterocycles. The molecule has 1 aromatic rings. The van der Waals surface area contributed by atoms with Gasteiger partial charge in [-0.15, -0.1) is 47.0 Å². The summed E-state index contributed by atoms with van der Waals surface area (Å²) in [6.45, 7) is 6.26. The van der Waals surface area contributed by atoms with E-state index >= 15 is 0 Å². The molecule has 0 aliphatic heterocycles. The van der Waals surface area contributed by atoms with E-state index in [1.807, 2.05) is 0 Å². The molecule has 0 atom stereocenters. The van der Waals surface area contributed by atoms with Gasteiger partial charge in [0.25, 0.3) is 10.1 Å². The van der Waals surface area contributed by atoms with E-state index in [0.717, 1.165) is 47.8 Å². The van der Waals surface area contributed by atoms with Gasteiger partial charge in [-0.3, -0.25) is 4.55 Å². The number of hydrogen-bond donors (Lipinski definition) is 3. The Morgan fingerprint density at radius 2 is 1.03 bits per heavy atom. The van der Waals surface area contributed by atoms with Gasteiger partial charge in [-0.25, -0.2) is 0 Å². The van der Waals surface area contributed by atoms with E-state index < -0.39 is 10.1 Å². The molecule has 0 radical (unpaired) electrons. The van der Waals surface area contributed by atoms with Gasteiger partial charge in [-0.1, -0.05) is 27.2 Å². The molecule has 5 nitrogen and oxygen atoms in total. The summed E-state index contributed by atoms with van der Waals surface area (Å²) in [4.78, 5) is 2.73. The van der Waals surface area contributed by atoms with Gasteiger partial charge in [0.05, 0.1) is 25.3 Å². The van der Waals surface area contributed by atoms with Crippen LogP contribution in [0.15, 0.2) is 19.6 Å². The van der Waals surface area contributed by atoms with Gasteiger partial charge >= 0.3 is 0 Å². The van der Waals surface area contributed by atoms with Crippen molar-refractivity contribution in [2.24, 2.45) is 0 Å². The molecule has 1 rings (SSSR count). The van der Waals surface area contributed by atoms with Gasteiger partial charge < -0.3 is 10.2 Å². The van der Waals surface area contributed by atoms with E-state index in [0.29, 0.717) is 20.4 Å². The first-order valence-corrected chi connectivity index (χ1v) is 15.4. The summed E-state index contributed by atoms with van der Waals surface area (Å²) < 4.78 is 30.9. The third-order valence-electron chi connectivity index (χ3n) is 3.71. The Kier molecular flexibility index (Phi) is 13.3. The topological polar surface area (TPSA) is 94.8 Å². The van der Waals surface area contributed by atoms with E-state index in [9.17, 15) is 18.6 Å². The maximum Gasteiger partial charge on any atom is 0.264 e. The standard InChI is InChI=1S/C19H32O5S5/c1-4-7-11-27-18-14(20)16(25-9-5-2)17(26-10-6-3)15(21)19(18)28-12-8-13-29(22,23)24/h20-21H,4-13H2,1-3H3,(H,22,23,24). The molecule has 10 heteroatoms. The fourth-order valence-corrected chi connectivity index (χ4v) is 7.66. The van der Waals surface area contributed by atoms with Crippen LogP contribution >= 0.6 is 47.0 Å². The lowest BCUT2D eigenvalue weighted by atomic mass is 10.3. The highest BCUT2D eigenvalue weighted by molar-refractivity contribution is 8.03. The Hall–Kier alpha value is 0.130. The summed E-state index contributed by atoms with van der Waals surface area (Å²) in [6, 6.07) is 0. The first-order chi connectivity index (χ1) is 13.8. The van der Waals surface area contributed by atoms with Crippen LogP contribution in [0.25, 0.3) is 0 Å².